The van der Waals surface area contributed by atoms with E-state index < -0.39 is 17.2 Å². The molecular formula is C15H20N2O3S. The predicted molar refractivity (Wildman–Crippen MR) is 80.0 cm³/mol. The Morgan fingerprint density at radius 2 is 2.05 bits per heavy atom. The van der Waals surface area contributed by atoms with E-state index in [0.717, 1.165) is 24.1 Å². The number of nitrogens with one attached hydrogen (secondary N) is 1. The molecule has 0 unspecified atom stereocenters. The number of thiophene rings is 1. The van der Waals surface area contributed by atoms with Gasteiger partial charge in [-0.15, -0.1) is 11.3 Å². The first kappa shape index (κ1) is 14.5. The van der Waals surface area contributed by atoms with Crippen LogP contribution in [0.4, 0.5) is 4.79 Å². The Kier molecular flexibility index (Phi) is 3.53. The molecule has 114 valence electrons. The lowest BCUT2D eigenvalue weighted by Gasteiger charge is -2.34. The van der Waals surface area contributed by atoms with Crippen molar-refractivity contribution in [1.82, 2.24) is 10.2 Å². The van der Waals surface area contributed by atoms with Gasteiger partial charge < -0.3 is 10.4 Å². The van der Waals surface area contributed by atoms with Crippen LogP contribution in [0.3, 0.4) is 0 Å². The molecule has 5 nitrogen and oxygen atoms in total. The van der Waals surface area contributed by atoms with E-state index in [9.17, 15) is 14.7 Å². The summed E-state index contributed by atoms with van der Waals surface area (Å²) in [6, 6.07) is 3.30. The number of carbonyl (C=O) groups excluding carboxylic acids is 2. The van der Waals surface area contributed by atoms with Gasteiger partial charge in [0.25, 0.3) is 5.91 Å². The fraction of sp³-hybridized carbons (Fsp3) is 0.600. The molecule has 0 spiro atoms. The number of urea groups is 1. The van der Waals surface area contributed by atoms with Gasteiger partial charge in [0.1, 0.15) is 0 Å². The van der Waals surface area contributed by atoms with Crippen LogP contribution in [0.2, 0.25) is 0 Å². The molecule has 2 N–H and O–H groups in total. The van der Waals surface area contributed by atoms with Gasteiger partial charge in [-0.1, -0.05) is 25.3 Å². The van der Waals surface area contributed by atoms with Gasteiger partial charge in [0.15, 0.2) is 5.54 Å². The van der Waals surface area contributed by atoms with Crippen molar-refractivity contribution in [3.8, 4) is 0 Å². The summed E-state index contributed by atoms with van der Waals surface area (Å²) in [5.74, 6) is -0.269. The standard InChI is InChI=1S/C15H20N2O3S/c1-14(11-6-5-9-21-11)12(18)17(13(19)16-14)10-15(20)7-3-2-4-8-15/h5-6,9,20H,2-4,7-8,10H2,1H3,(H,16,19)/t14-/m0/s1. The lowest BCUT2D eigenvalue weighted by molar-refractivity contribution is -0.134. The molecule has 1 aromatic rings. The third kappa shape index (κ3) is 2.46. The molecule has 1 aliphatic carbocycles. The summed E-state index contributed by atoms with van der Waals surface area (Å²) in [4.78, 5) is 26.9. The van der Waals surface area contributed by atoms with Crippen molar-refractivity contribution >= 4 is 23.3 Å². The first-order chi connectivity index (χ1) is 9.95. The Bertz CT molecular complexity index is 551. The number of hydrogen-bond donors (Lipinski definition) is 2. The van der Waals surface area contributed by atoms with E-state index in [4.69, 9.17) is 0 Å². The maximum absolute atomic E-state index is 12.7. The number of aliphatic hydroxyl groups is 1. The van der Waals surface area contributed by atoms with Crippen LogP contribution in [0, 0.1) is 0 Å². The molecule has 2 fully saturated rings. The molecule has 2 heterocycles. The lowest BCUT2D eigenvalue weighted by Crippen LogP contribution is -2.47. The Morgan fingerprint density at radius 3 is 2.67 bits per heavy atom. The van der Waals surface area contributed by atoms with Gasteiger partial charge in [0.05, 0.1) is 12.1 Å². The monoisotopic (exact) mass is 308 g/mol. The van der Waals surface area contributed by atoms with Crippen LogP contribution in [-0.2, 0) is 10.3 Å². The van der Waals surface area contributed by atoms with Crippen LogP contribution in [0.15, 0.2) is 17.5 Å². The highest BCUT2D eigenvalue weighted by atomic mass is 32.1. The third-order valence-electron chi connectivity index (χ3n) is 4.53. The van der Waals surface area contributed by atoms with E-state index in [1.807, 2.05) is 17.5 Å². The van der Waals surface area contributed by atoms with Crippen LogP contribution in [0.5, 0.6) is 0 Å². The van der Waals surface area contributed by atoms with E-state index in [1.165, 1.54) is 16.2 Å². The summed E-state index contributed by atoms with van der Waals surface area (Å²) in [6.07, 6.45) is 4.31. The number of imide groups is 1. The lowest BCUT2D eigenvalue weighted by atomic mass is 9.84. The summed E-state index contributed by atoms with van der Waals surface area (Å²) in [7, 11) is 0. The van der Waals surface area contributed by atoms with Crippen molar-refractivity contribution in [2.75, 3.05) is 6.54 Å². The number of hydrogen-bond acceptors (Lipinski definition) is 4. The van der Waals surface area contributed by atoms with Gasteiger partial charge in [-0.2, -0.15) is 0 Å². The second-order valence-electron chi connectivity index (χ2n) is 6.21. The van der Waals surface area contributed by atoms with Gasteiger partial charge in [0.2, 0.25) is 0 Å². The highest BCUT2D eigenvalue weighted by Gasteiger charge is 2.51. The van der Waals surface area contributed by atoms with Crippen molar-refractivity contribution in [2.24, 2.45) is 0 Å². The van der Waals surface area contributed by atoms with Gasteiger partial charge in [-0.3, -0.25) is 9.69 Å². The third-order valence-corrected chi connectivity index (χ3v) is 5.62. The average molecular weight is 308 g/mol. The van der Waals surface area contributed by atoms with Gasteiger partial charge >= 0.3 is 6.03 Å². The first-order valence-corrected chi connectivity index (χ1v) is 8.23. The topological polar surface area (TPSA) is 69.6 Å². The molecule has 1 aromatic heterocycles. The summed E-state index contributed by atoms with van der Waals surface area (Å²) in [6.45, 7) is 1.82. The molecule has 21 heavy (non-hydrogen) atoms. The van der Waals surface area contributed by atoms with Gasteiger partial charge in [-0.25, -0.2) is 4.79 Å². The zero-order chi connectivity index (χ0) is 15.1. The first-order valence-electron chi connectivity index (χ1n) is 7.35. The van der Waals surface area contributed by atoms with Crippen LogP contribution in [0.25, 0.3) is 0 Å². The molecule has 1 aliphatic heterocycles. The van der Waals surface area contributed by atoms with Gasteiger partial charge in [0, 0.05) is 4.88 Å². The molecule has 3 amide bonds. The van der Waals surface area contributed by atoms with Crippen LogP contribution >= 0.6 is 11.3 Å². The summed E-state index contributed by atoms with van der Waals surface area (Å²) in [5, 5.41) is 15.3. The number of rotatable bonds is 3. The second-order valence-corrected chi connectivity index (χ2v) is 7.16. The number of carbonyl (C=O) groups is 2. The smallest absolute Gasteiger partial charge is 0.325 e. The summed E-state index contributed by atoms with van der Waals surface area (Å²) >= 11 is 1.45. The summed E-state index contributed by atoms with van der Waals surface area (Å²) in [5.41, 5.74) is -1.93. The molecular weight excluding hydrogens is 288 g/mol. The molecule has 0 aromatic carbocycles. The molecule has 1 atom stereocenters. The Labute approximate surface area is 128 Å². The zero-order valence-electron chi connectivity index (χ0n) is 12.1. The number of β-amino-alcohol motifs (C(OH)–C–C–N with tert-alkyl or cyclic N) is 1. The Hall–Kier alpha value is -1.40. The maximum atomic E-state index is 12.7. The molecule has 0 radical (unpaired) electrons. The SMILES string of the molecule is C[C@@]1(c2cccs2)NC(=O)N(CC2(O)CCCCC2)C1=O. The quantitative estimate of drug-likeness (QED) is 0.841. The molecule has 6 heteroatoms. The zero-order valence-corrected chi connectivity index (χ0v) is 12.9. The molecule has 2 aliphatic rings. The minimum absolute atomic E-state index is 0.0959. The maximum Gasteiger partial charge on any atom is 0.325 e. The molecule has 1 saturated carbocycles. The average Bonchev–Trinajstić information content (AvgIpc) is 3.05. The second kappa shape index (κ2) is 5.10. The van der Waals surface area contributed by atoms with Crippen LogP contribution < -0.4 is 5.32 Å². The van der Waals surface area contributed by atoms with Crippen molar-refractivity contribution in [3.05, 3.63) is 22.4 Å². The minimum Gasteiger partial charge on any atom is -0.388 e. The fourth-order valence-electron chi connectivity index (χ4n) is 3.23. The van der Waals surface area contributed by atoms with Crippen LogP contribution in [-0.4, -0.2) is 34.1 Å². The van der Waals surface area contributed by atoms with Gasteiger partial charge in [-0.05, 0) is 31.2 Å². The predicted octanol–water partition coefficient (Wildman–Crippen LogP) is 2.21. The van der Waals surface area contributed by atoms with Crippen molar-refractivity contribution in [3.63, 3.8) is 0 Å². The van der Waals surface area contributed by atoms with E-state index >= 15 is 0 Å². The van der Waals surface area contributed by atoms with E-state index in [1.54, 1.807) is 6.92 Å². The minimum atomic E-state index is -1.00. The highest BCUT2D eigenvalue weighted by molar-refractivity contribution is 7.10. The van der Waals surface area contributed by atoms with Crippen molar-refractivity contribution < 1.29 is 14.7 Å². The number of nitrogens with zero attached hydrogens (tertiary/aromatic N) is 1. The summed E-state index contributed by atoms with van der Waals surface area (Å²) < 4.78 is 0. The Balaban J connectivity index is 1.81. The molecule has 0 bridgehead atoms. The van der Waals surface area contributed by atoms with E-state index in [2.05, 4.69) is 5.32 Å². The number of amides is 3. The fourth-order valence-corrected chi connectivity index (χ4v) is 4.07. The molecule has 3 rings (SSSR count). The van der Waals surface area contributed by atoms with Crippen LogP contribution in [0.1, 0.15) is 43.9 Å². The molecule has 1 saturated heterocycles. The van der Waals surface area contributed by atoms with Crippen molar-refractivity contribution in [2.45, 2.75) is 50.2 Å². The largest absolute Gasteiger partial charge is 0.388 e. The normalized spacial score (nSPS) is 28.8. The van der Waals surface area contributed by atoms with Crippen molar-refractivity contribution in [1.29, 1.82) is 0 Å². The van der Waals surface area contributed by atoms with E-state index in [0.29, 0.717) is 12.8 Å². The Morgan fingerprint density at radius 1 is 1.33 bits per heavy atom. The highest BCUT2D eigenvalue weighted by Crippen LogP contribution is 2.35. The van der Waals surface area contributed by atoms with E-state index in [-0.39, 0.29) is 12.5 Å².